The number of esters is 13. The summed E-state index contributed by atoms with van der Waals surface area (Å²) in [6, 6.07) is 32.9. The molecule has 0 unspecified atom stereocenters. The molecule has 5 aliphatic rings. The van der Waals surface area contributed by atoms with Gasteiger partial charge in [-0.3, -0.25) is 81.5 Å². The molecule has 0 aliphatic carbocycles. The zero-order valence-electron chi connectivity index (χ0n) is 73.5. The molecule has 12 rings (SSSR count). The number of fused-ring (bicyclic) bond motifs is 8. The molecule has 0 saturated carbocycles. The van der Waals surface area contributed by atoms with Crippen LogP contribution >= 0.6 is 0 Å². The Kier molecular flexibility index (Phi) is 30.7. The molecule has 0 spiro atoms. The van der Waals surface area contributed by atoms with Crippen molar-refractivity contribution >= 4 is 170 Å². The van der Waals surface area contributed by atoms with Gasteiger partial charge in [-0.1, -0.05) is 48.5 Å². The molecular weight excluding hydrogens is 1750 g/mol. The highest BCUT2D eigenvalue weighted by Gasteiger charge is 2.59. The molecular formula is C92H90N8O33. The number of benzene rings is 4. The van der Waals surface area contributed by atoms with Gasteiger partial charge in [-0.05, 0) is 126 Å². The third kappa shape index (κ3) is 23.9. The van der Waals surface area contributed by atoms with Crippen molar-refractivity contribution in [3.63, 3.8) is 0 Å². The van der Waals surface area contributed by atoms with Gasteiger partial charge in [0.25, 0.3) is 17.7 Å². The number of ether oxygens (including phenoxy) is 16. The number of carbonyl (C=O) groups is 17. The first-order valence-electron chi connectivity index (χ1n) is 41.2. The maximum absolute atomic E-state index is 14.7. The minimum atomic E-state index is -1.92. The molecule has 4 amide bonds. The van der Waals surface area contributed by atoms with Crippen LogP contribution in [-0.4, -0.2) is 220 Å². The van der Waals surface area contributed by atoms with Crippen LogP contribution in [0.5, 0.6) is 0 Å². The summed E-state index contributed by atoms with van der Waals surface area (Å²) in [7, 11) is 1.25. The first kappa shape index (κ1) is 96.4. The predicted molar refractivity (Wildman–Crippen MR) is 462 cm³/mol. The molecule has 15 atom stereocenters. The molecule has 6 N–H and O–H groups in total. The highest BCUT2D eigenvalue weighted by atomic mass is 16.8. The summed E-state index contributed by atoms with van der Waals surface area (Å²) in [5, 5.41) is 11.1. The molecule has 5 aliphatic heterocycles. The van der Waals surface area contributed by atoms with E-state index in [0.717, 1.165) is 83.1 Å². The molecule has 8 heterocycles. The van der Waals surface area contributed by atoms with Gasteiger partial charge >= 0.3 is 77.6 Å². The molecule has 41 heteroatoms. The first-order valence-corrected chi connectivity index (χ1v) is 41.2. The molecule has 3 saturated heterocycles. The lowest BCUT2D eigenvalue weighted by Crippen LogP contribution is -2.64. The van der Waals surface area contributed by atoms with Gasteiger partial charge in [0.05, 0.1) is 29.9 Å². The summed E-state index contributed by atoms with van der Waals surface area (Å²) in [6.07, 6.45) is -20.1. The number of aromatic amines is 2. The Bertz CT molecular complexity index is 5880. The molecule has 8 bridgehead atoms. The van der Waals surface area contributed by atoms with E-state index in [1.165, 1.54) is 43.5 Å². The fourth-order valence-electron chi connectivity index (χ4n) is 15.4. The second-order valence-electron chi connectivity index (χ2n) is 30.5. The second-order valence-corrected chi connectivity index (χ2v) is 30.5. The number of hydrogen-bond acceptors (Lipinski definition) is 35. The molecule has 41 nitrogen and oxygen atoms in total. The third-order valence-electron chi connectivity index (χ3n) is 20.4. The van der Waals surface area contributed by atoms with Crippen LogP contribution in [0.25, 0.3) is 90.9 Å². The summed E-state index contributed by atoms with van der Waals surface area (Å²) in [4.78, 5) is 239. The van der Waals surface area contributed by atoms with E-state index in [0.29, 0.717) is 95.0 Å². The largest absolute Gasteiger partial charge is 0.469 e. The van der Waals surface area contributed by atoms with E-state index in [2.05, 4.69) is 31.2 Å². The summed E-state index contributed by atoms with van der Waals surface area (Å²) < 4.78 is 88.2. The molecule has 7 aromatic rings. The lowest BCUT2D eigenvalue weighted by atomic mass is 9.97. The number of hydrogen-bond donors (Lipinski definition) is 6. The van der Waals surface area contributed by atoms with Gasteiger partial charge in [-0.2, -0.15) is 0 Å². The zero-order chi connectivity index (χ0) is 96.1. The van der Waals surface area contributed by atoms with Crippen molar-refractivity contribution in [1.29, 1.82) is 0 Å². The Morgan fingerprint density at radius 1 is 0.278 bits per heavy atom. The van der Waals surface area contributed by atoms with Gasteiger partial charge < -0.3 is 107 Å². The normalized spacial score (nSPS) is 21.5. The second kappa shape index (κ2) is 42.3. The van der Waals surface area contributed by atoms with Crippen molar-refractivity contribution in [1.82, 2.24) is 19.9 Å². The average molecular weight is 1840 g/mol. The Morgan fingerprint density at radius 3 is 0.722 bits per heavy atom. The lowest BCUT2D eigenvalue weighted by molar-refractivity contribution is -0.289. The Morgan fingerprint density at radius 2 is 0.496 bits per heavy atom. The van der Waals surface area contributed by atoms with Gasteiger partial charge in [-0.25, -0.2) is 9.97 Å². The number of nitrogens with one attached hydrogen (secondary N) is 6. The van der Waals surface area contributed by atoms with E-state index in [9.17, 15) is 81.5 Å². The van der Waals surface area contributed by atoms with E-state index in [1.807, 2.05) is 0 Å². The van der Waals surface area contributed by atoms with Gasteiger partial charge in [-0.15, -0.1) is 0 Å². The number of methoxy groups -OCH3 is 1. The van der Waals surface area contributed by atoms with Crippen LogP contribution in [0.3, 0.4) is 0 Å². The van der Waals surface area contributed by atoms with Crippen LogP contribution in [0.1, 0.15) is 125 Å². The van der Waals surface area contributed by atoms with E-state index in [4.69, 9.17) is 85.8 Å². The number of anilines is 4. The Hall–Kier alpha value is -15.7. The number of rotatable bonds is 27. The predicted octanol–water partition coefficient (Wildman–Crippen LogP) is 8.67. The monoisotopic (exact) mass is 1830 g/mol. The van der Waals surface area contributed by atoms with E-state index in [-0.39, 0.29) is 42.2 Å². The molecule has 0 radical (unpaired) electrons. The van der Waals surface area contributed by atoms with E-state index in [1.54, 1.807) is 109 Å². The third-order valence-corrected chi connectivity index (χ3v) is 20.4. The summed E-state index contributed by atoms with van der Waals surface area (Å²) in [6.45, 7) is 12.1. The van der Waals surface area contributed by atoms with E-state index >= 15 is 0 Å². The van der Waals surface area contributed by atoms with Gasteiger partial charge in [0.1, 0.15) is 0 Å². The van der Waals surface area contributed by atoms with Crippen molar-refractivity contribution in [2.75, 3.05) is 28.4 Å². The number of H-pyrrole nitrogens is 2. The standard InChI is InChI=1S/C92H90N8O33/c1-41(101)119-75-78(122-44(4)104)84(125-47(7)107)90(128-50(10)110)131-81(75)87(115)94-58-27-19-54(20-28-58)72-63-35-33-61(97-63)71(53-17-25-57(26-18-53)93-69(113)15-14-16-70(114)118-13)62-34-36-64(98-62)73(55-21-29-59(30-22-55)95-88(116)82-76(120-42(2)102)79(123-45(5)105)85(126-48(8)108)91(132-82)129-51(11)111)66-38-40-68(100-66)74(67-39-37-65(72)99-67)56-23-31-60(32-24-56)96-89(117)83-77(121-43(3)103)80(124-46(6)106)86(127-49(9)109)92(133-83)130-52(12)112/h17-40,75-86,90-92,97,100H,14-16H2,1-13H3,(H,93,113)(H,94,115)(H,95,116)(H,96,117)/t75-,76-,77-,78-,79-,80-,81-,82-,83-,84+,85+,86+,90-,91-,92-/m0/s1. The smallest absolute Gasteiger partial charge is 0.305 e. The molecule has 3 fully saturated rings. The highest BCUT2D eigenvalue weighted by molar-refractivity contribution is 6.03. The maximum Gasteiger partial charge on any atom is 0.305 e. The van der Waals surface area contributed by atoms with Crippen molar-refractivity contribution in [3.05, 3.63) is 144 Å². The average Bonchev–Trinajstić information content (AvgIpc) is 1.68. The van der Waals surface area contributed by atoms with Crippen molar-refractivity contribution < 1.29 is 157 Å². The van der Waals surface area contributed by atoms with Crippen LogP contribution in [0.4, 0.5) is 22.7 Å². The summed E-state index contributed by atoms with van der Waals surface area (Å²) in [5.41, 5.74) is 7.38. The molecule has 696 valence electrons. The summed E-state index contributed by atoms with van der Waals surface area (Å²) in [5.74, 6) is -15.4. The first-order chi connectivity index (χ1) is 63.3. The number of amides is 4. The number of nitrogens with zero attached hydrogens (tertiary/aromatic N) is 2. The number of aromatic nitrogens is 4. The van der Waals surface area contributed by atoms with Gasteiger partial charge in [0.15, 0.2) is 54.9 Å². The number of carbonyl (C=O) groups excluding carboxylic acids is 17. The highest BCUT2D eigenvalue weighted by Crippen LogP contribution is 2.42. The minimum absolute atomic E-state index is 0.00271. The van der Waals surface area contributed by atoms with Crippen LogP contribution in [0.2, 0.25) is 0 Å². The Labute approximate surface area is 755 Å². The van der Waals surface area contributed by atoms with E-state index < -0.39 is 187 Å². The topological polar surface area (TPSA) is 543 Å². The van der Waals surface area contributed by atoms with Gasteiger partial charge in [0, 0.05) is 163 Å². The van der Waals surface area contributed by atoms with Crippen molar-refractivity contribution in [2.45, 2.75) is 194 Å². The van der Waals surface area contributed by atoms with Crippen LogP contribution in [0.15, 0.2) is 121 Å². The minimum Gasteiger partial charge on any atom is -0.469 e. The fourth-order valence-corrected chi connectivity index (χ4v) is 15.4. The van der Waals surface area contributed by atoms with Crippen molar-refractivity contribution in [3.8, 4) is 44.5 Å². The zero-order valence-corrected chi connectivity index (χ0v) is 73.5. The fraction of sp³-hybridized carbons (Fsp3) is 0.337. The molecule has 133 heavy (non-hydrogen) atoms. The molecule has 4 aromatic carbocycles. The van der Waals surface area contributed by atoms with Crippen molar-refractivity contribution in [2.24, 2.45) is 0 Å². The molecule has 3 aromatic heterocycles. The lowest BCUT2D eigenvalue weighted by Gasteiger charge is -2.43. The summed E-state index contributed by atoms with van der Waals surface area (Å²) >= 11 is 0. The quantitative estimate of drug-likeness (QED) is 0.0207. The van der Waals surface area contributed by atoms with Crippen LogP contribution in [0, 0.1) is 0 Å². The van der Waals surface area contributed by atoms with Crippen LogP contribution in [-0.2, 0) is 157 Å². The van der Waals surface area contributed by atoms with Gasteiger partial charge in [0.2, 0.25) is 43.1 Å². The SMILES string of the molecule is COC(=O)CCCC(=O)Nc1ccc(-c2c3nc(c(-c4ccc(NC(=O)[C@H]5O[C@H](OC(C)=O)[C@H](OC(C)=O)[C@@H](OC(C)=O)[C@@H]5OC(C)=O)cc4)c4ccc([nH]4)c(-c4ccc(NC(=O)[C@H]5O[C@H](OC(C)=O)[C@H](OC(C)=O)[C@@H](OC(C)=O)[C@@H]5OC(C)=O)cc4)c4nc(c(-c5ccc(NC(=O)[C@H]6O[C@H](OC(C)=O)[C@H](OC(C)=O)[C@@H](OC(C)=O)[C@@H]6OC(C)=O)cc5)c5ccc2[nH]5)C=C4)C=C3)cc1. The Balaban J connectivity index is 1.03. The van der Waals surface area contributed by atoms with Crippen LogP contribution < -0.4 is 21.3 Å². The maximum atomic E-state index is 14.7.